The van der Waals surface area contributed by atoms with Crippen LogP contribution in [0.15, 0.2) is 48.5 Å². The van der Waals surface area contributed by atoms with Gasteiger partial charge in [-0.1, -0.05) is 42.0 Å². The van der Waals surface area contributed by atoms with Crippen LogP contribution in [0.4, 0.5) is 5.69 Å². The predicted molar refractivity (Wildman–Crippen MR) is 112 cm³/mol. The van der Waals surface area contributed by atoms with Gasteiger partial charge in [-0.05, 0) is 31.5 Å². The van der Waals surface area contributed by atoms with Gasteiger partial charge in [-0.2, -0.15) is 0 Å². The molecule has 2 aromatic carbocycles. The summed E-state index contributed by atoms with van der Waals surface area (Å²) >= 11 is 0. The number of carbonyl (C=O) groups is 3. The zero-order valence-electron chi connectivity index (χ0n) is 17.4. The molecule has 1 saturated heterocycles. The third-order valence-corrected chi connectivity index (χ3v) is 5.08. The van der Waals surface area contributed by atoms with Crippen molar-refractivity contribution in [2.45, 2.75) is 32.9 Å². The Balaban J connectivity index is 1.54. The Hall–Kier alpha value is -3.35. The molecule has 1 aliphatic heterocycles. The largest absolute Gasteiger partial charge is 0.495 e. The third-order valence-electron chi connectivity index (χ3n) is 5.08. The van der Waals surface area contributed by atoms with Gasteiger partial charge in [0.05, 0.1) is 18.7 Å². The Kier molecular flexibility index (Phi) is 6.72. The Morgan fingerprint density at radius 2 is 1.87 bits per heavy atom. The predicted octanol–water partition coefficient (Wildman–Crippen LogP) is 2.60. The van der Waals surface area contributed by atoms with Crippen LogP contribution >= 0.6 is 0 Å². The molecule has 7 nitrogen and oxygen atoms in total. The molecule has 2 amide bonds. The maximum Gasteiger partial charge on any atom is 0.312 e. The van der Waals surface area contributed by atoms with Crippen molar-refractivity contribution < 1.29 is 23.9 Å². The maximum absolute atomic E-state index is 12.5. The molecule has 2 atom stereocenters. The van der Waals surface area contributed by atoms with Gasteiger partial charge in [0.15, 0.2) is 6.10 Å². The molecule has 1 N–H and O–H groups in total. The van der Waals surface area contributed by atoms with Gasteiger partial charge in [0.1, 0.15) is 5.75 Å². The Bertz CT molecular complexity index is 925. The molecule has 1 fully saturated rings. The van der Waals surface area contributed by atoms with E-state index in [2.05, 4.69) is 5.32 Å². The fraction of sp³-hybridized carbons (Fsp3) is 0.348. The van der Waals surface area contributed by atoms with Crippen molar-refractivity contribution in [1.29, 1.82) is 0 Å². The van der Waals surface area contributed by atoms with Crippen molar-refractivity contribution in [3.8, 4) is 5.75 Å². The van der Waals surface area contributed by atoms with E-state index in [1.54, 1.807) is 18.2 Å². The van der Waals surface area contributed by atoms with E-state index >= 15 is 0 Å². The summed E-state index contributed by atoms with van der Waals surface area (Å²) in [5.41, 5.74) is 2.71. The average Bonchev–Trinajstić information content (AvgIpc) is 3.14. The minimum absolute atomic E-state index is 0.0363. The maximum atomic E-state index is 12.5. The van der Waals surface area contributed by atoms with Gasteiger partial charge in [-0.25, -0.2) is 0 Å². The number of amides is 2. The smallest absolute Gasteiger partial charge is 0.312 e. The molecule has 1 heterocycles. The van der Waals surface area contributed by atoms with Crippen LogP contribution in [-0.2, 0) is 25.7 Å². The van der Waals surface area contributed by atoms with Gasteiger partial charge >= 0.3 is 5.97 Å². The van der Waals surface area contributed by atoms with Crippen molar-refractivity contribution in [3.63, 3.8) is 0 Å². The SMILES string of the molecule is COc1ccccc1N1C[C@H](C(=O)O[C@@H](C)C(=O)NCc2ccc(C)cc2)CC1=O. The highest BCUT2D eigenvalue weighted by Gasteiger charge is 2.38. The van der Waals surface area contributed by atoms with Crippen molar-refractivity contribution in [2.75, 3.05) is 18.6 Å². The molecule has 3 rings (SSSR count). The van der Waals surface area contributed by atoms with E-state index in [0.717, 1.165) is 11.1 Å². The summed E-state index contributed by atoms with van der Waals surface area (Å²) in [4.78, 5) is 38.8. The number of ether oxygens (including phenoxy) is 2. The quantitative estimate of drug-likeness (QED) is 0.710. The van der Waals surface area contributed by atoms with Crippen LogP contribution in [0.3, 0.4) is 0 Å². The van der Waals surface area contributed by atoms with Crippen molar-refractivity contribution in [2.24, 2.45) is 5.92 Å². The van der Waals surface area contributed by atoms with Crippen LogP contribution in [-0.4, -0.2) is 37.5 Å². The van der Waals surface area contributed by atoms with Crippen LogP contribution in [0.25, 0.3) is 0 Å². The average molecular weight is 410 g/mol. The number of rotatable bonds is 7. The number of methoxy groups -OCH3 is 1. The number of benzene rings is 2. The van der Waals surface area contributed by atoms with E-state index < -0.39 is 18.0 Å². The molecule has 0 spiro atoms. The van der Waals surface area contributed by atoms with E-state index in [-0.39, 0.29) is 24.8 Å². The minimum Gasteiger partial charge on any atom is -0.495 e. The second kappa shape index (κ2) is 9.43. The van der Waals surface area contributed by atoms with Gasteiger partial charge in [0.2, 0.25) is 5.91 Å². The number of nitrogens with zero attached hydrogens (tertiary/aromatic N) is 1. The number of esters is 1. The summed E-state index contributed by atoms with van der Waals surface area (Å²) in [6.07, 6.45) is -0.910. The molecular formula is C23H26N2O5. The highest BCUT2D eigenvalue weighted by molar-refractivity contribution is 6.00. The van der Waals surface area contributed by atoms with E-state index in [1.807, 2.05) is 37.3 Å². The molecule has 2 aromatic rings. The Morgan fingerprint density at radius 3 is 2.57 bits per heavy atom. The number of para-hydroxylation sites is 2. The Morgan fingerprint density at radius 1 is 1.17 bits per heavy atom. The monoisotopic (exact) mass is 410 g/mol. The van der Waals surface area contributed by atoms with E-state index in [0.29, 0.717) is 18.0 Å². The zero-order chi connectivity index (χ0) is 21.7. The molecule has 158 valence electrons. The van der Waals surface area contributed by atoms with Crippen LogP contribution < -0.4 is 15.0 Å². The number of nitrogens with one attached hydrogen (secondary N) is 1. The Labute approximate surface area is 176 Å². The summed E-state index contributed by atoms with van der Waals surface area (Å²) < 4.78 is 10.6. The molecule has 30 heavy (non-hydrogen) atoms. The van der Waals surface area contributed by atoms with Crippen molar-refractivity contribution in [1.82, 2.24) is 5.32 Å². The van der Waals surface area contributed by atoms with Gasteiger partial charge in [0.25, 0.3) is 5.91 Å². The minimum atomic E-state index is -0.946. The van der Waals surface area contributed by atoms with E-state index in [1.165, 1.54) is 18.9 Å². The highest BCUT2D eigenvalue weighted by atomic mass is 16.5. The molecule has 1 aliphatic rings. The first kappa shape index (κ1) is 21.4. The van der Waals surface area contributed by atoms with E-state index in [4.69, 9.17) is 9.47 Å². The normalized spacial score (nSPS) is 16.8. The summed E-state index contributed by atoms with van der Waals surface area (Å²) in [5.74, 6) is -1.19. The topological polar surface area (TPSA) is 84.9 Å². The van der Waals surface area contributed by atoms with Gasteiger partial charge < -0.3 is 19.7 Å². The number of aryl methyl sites for hydroxylation is 1. The molecule has 0 bridgehead atoms. The van der Waals surface area contributed by atoms with Gasteiger partial charge in [-0.15, -0.1) is 0 Å². The molecule has 0 saturated carbocycles. The summed E-state index contributed by atoms with van der Waals surface area (Å²) in [6.45, 7) is 4.06. The zero-order valence-corrected chi connectivity index (χ0v) is 17.4. The fourth-order valence-electron chi connectivity index (χ4n) is 3.31. The molecule has 0 aromatic heterocycles. The first-order chi connectivity index (χ1) is 14.4. The van der Waals surface area contributed by atoms with Crippen molar-refractivity contribution in [3.05, 3.63) is 59.7 Å². The molecule has 0 aliphatic carbocycles. The second-order valence-corrected chi connectivity index (χ2v) is 7.36. The molecule has 7 heteroatoms. The first-order valence-electron chi connectivity index (χ1n) is 9.86. The number of hydrogen-bond acceptors (Lipinski definition) is 5. The van der Waals surface area contributed by atoms with Gasteiger partial charge in [-0.3, -0.25) is 14.4 Å². The first-order valence-corrected chi connectivity index (χ1v) is 9.86. The fourth-order valence-corrected chi connectivity index (χ4v) is 3.31. The summed E-state index contributed by atoms with van der Waals surface area (Å²) in [6, 6.07) is 14.9. The van der Waals surface area contributed by atoms with Crippen LogP contribution in [0.2, 0.25) is 0 Å². The van der Waals surface area contributed by atoms with Crippen LogP contribution in [0.5, 0.6) is 5.75 Å². The van der Waals surface area contributed by atoms with E-state index in [9.17, 15) is 14.4 Å². The summed E-state index contributed by atoms with van der Waals surface area (Å²) in [7, 11) is 1.53. The molecule has 0 unspecified atom stereocenters. The molecular weight excluding hydrogens is 384 g/mol. The standard InChI is InChI=1S/C23H26N2O5/c1-15-8-10-17(11-9-15)13-24-22(27)16(2)30-23(28)18-12-21(26)25(14-18)19-6-4-5-7-20(19)29-3/h4-11,16,18H,12-14H2,1-3H3,(H,24,27)/t16-,18+/m0/s1. The second-order valence-electron chi connectivity index (χ2n) is 7.36. The lowest BCUT2D eigenvalue weighted by molar-refractivity contribution is -0.158. The number of anilines is 1. The number of carbonyl (C=O) groups excluding carboxylic acids is 3. The molecule has 0 radical (unpaired) electrons. The lowest BCUT2D eigenvalue weighted by Crippen LogP contribution is -2.37. The lowest BCUT2D eigenvalue weighted by Gasteiger charge is -2.20. The van der Waals surface area contributed by atoms with Crippen LogP contribution in [0, 0.1) is 12.8 Å². The highest BCUT2D eigenvalue weighted by Crippen LogP contribution is 2.33. The lowest BCUT2D eigenvalue weighted by atomic mass is 10.1. The van der Waals surface area contributed by atoms with Crippen molar-refractivity contribution >= 4 is 23.5 Å². The van der Waals surface area contributed by atoms with Gasteiger partial charge in [0, 0.05) is 19.5 Å². The van der Waals surface area contributed by atoms with Crippen LogP contribution in [0.1, 0.15) is 24.5 Å². The summed E-state index contributed by atoms with van der Waals surface area (Å²) in [5, 5.41) is 2.76. The number of hydrogen-bond donors (Lipinski definition) is 1. The third kappa shape index (κ3) is 4.97.